The largest absolute Gasteiger partial charge is 0.491 e. The van der Waals surface area contributed by atoms with Crippen LogP contribution in [0.5, 0.6) is 5.75 Å². The number of benzene rings is 1. The zero-order chi connectivity index (χ0) is 16.9. The third-order valence-corrected chi connectivity index (χ3v) is 3.79. The SMILES string of the molecule is Cc1ccc(CNC(=O)CN2C(=O)CCOc3ccccc32)cn1. The summed E-state index contributed by atoms with van der Waals surface area (Å²) >= 11 is 0. The predicted octanol–water partition coefficient (Wildman–Crippen LogP) is 1.82. The molecule has 1 N–H and O–H groups in total. The summed E-state index contributed by atoms with van der Waals surface area (Å²) in [7, 11) is 0. The summed E-state index contributed by atoms with van der Waals surface area (Å²) in [4.78, 5) is 30.2. The Hall–Kier alpha value is -2.89. The van der Waals surface area contributed by atoms with Crippen molar-refractivity contribution < 1.29 is 14.3 Å². The maximum atomic E-state index is 12.3. The van der Waals surface area contributed by atoms with Crippen molar-refractivity contribution in [3.63, 3.8) is 0 Å². The summed E-state index contributed by atoms with van der Waals surface area (Å²) in [6.07, 6.45) is 1.99. The molecule has 124 valence electrons. The van der Waals surface area contributed by atoms with E-state index in [1.807, 2.05) is 31.2 Å². The molecule has 2 heterocycles. The molecule has 2 aromatic rings. The molecule has 0 bridgehead atoms. The summed E-state index contributed by atoms with van der Waals surface area (Å²) in [6, 6.07) is 11.1. The zero-order valence-electron chi connectivity index (χ0n) is 13.5. The summed E-state index contributed by atoms with van der Waals surface area (Å²) in [5.74, 6) is 0.284. The van der Waals surface area contributed by atoms with Crippen LogP contribution in [0.15, 0.2) is 42.6 Å². The van der Waals surface area contributed by atoms with Gasteiger partial charge in [-0.2, -0.15) is 0 Å². The van der Waals surface area contributed by atoms with Gasteiger partial charge in [0.25, 0.3) is 0 Å². The number of rotatable bonds is 4. The van der Waals surface area contributed by atoms with Crippen molar-refractivity contribution in [2.45, 2.75) is 19.9 Å². The van der Waals surface area contributed by atoms with E-state index in [1.54, 1.807) is 18.3 Å². The van der Waals surface area contributed by atoms with Crippen molar-refractivity contribution >= 4 is 17.5 Å². The van der Waals surface area contributed by atoms with E-state index in [1.165, 1.54) is 4.90 Å². The van der Waals surface area contributed by atoms with Gasteiger partial charge in [0.15, 0.2) is 0 Å². The van der Waals surface area contributed by atoms with Crippen LogP contribution in [0.2, 0.25) is 0 Å². The molecule has 1 aliphatic heterocycles. The fraction of sp³-hybridized carbons (Fsp3) is 0.278. The quantitative estimate of drug-likeness (QED) is 0.931. The number of hydrogen-bond donors (Lipinski definition) is 1. The summed E-state index contributed by atoms with van der Waals surface area (Å²) in [5, 5.41) is 2.82. The first-order valence-corrected chi connectivity index (χ1v) is 7.84. The van der Waals surface area contributed by atoms with Crippen LogP contribution in [0.25, 0.3) is 0 Å². The standard InChI is InChI=1S/C18H19N3O3/c1-13-6-7-14(10-19-13)11-20-17(22)12-21-15-4-2-3-5-16(15)24-9-8-18(21)23/h2-7,10H,8-9,11-12H2,1H3,(H,20,22). The monoisotopic (exact) mass is 325 g/mol. The fourth-order valence-electron chi connectivity index (χ4n) is 2.50. The minimum Gasteiger partial charge on any atom is -0.491 e. The van der Waals surface area contributed by atoms with Gasteiger partial charge in [-0.25, -0.2) is 0 Å². The lowest BCUT2D eigenvalue weighted by Gasteiger charge is -2.21. The molecule has 24 heavy (non-hydrogen) atoms. The van der Waals surface area contributed by atoms with Crippen molar-refractivity contribution in [2.75, 3.05) is 18.1 Å². The van der Waals surface area contributed by atoms with Crippen molar-refractivity contribution in [3.05, 3.63) is 53.9 Å². The number of para-hydroxylation sites is 2. The van der Waals surface area contributed by atoms with Gasteiger partial charge in [-0.15, -0.1) is 0 Å². The first kappa shape index (κ1) is 16.0. The van der Waals surface area contributed by atoms with Gasteiger partial charge in [-0.05, 0) is 30.7 Å². The molecule has 0 atom stereocenters. The highest BCUT2D eigenvalue weighted by molar-refractivity contribution is 6.00. The second kappa shape index (κ2) is 7.12. The van der Waals surface area contributed by atoms with Crippen LogP contribution in [-0.2, 0) is 16.1 Å². The highest BCUT2D eigenvalue weighted by Crippen LogP contribution is 2.30. The van der Waals surface area contributed by atoms with E-state index in [0.717, 1.165) is 11.3 Å². The molecule has 2 amide bonds. The number of aryl methyl sites for hydroxylation is 1. The molecule has 0 aliphatic carbocycles. The number of carbonyl (C=O) groups excluding carboxylic acids is 2. The first-order valence-electron chi connectivity index (χ1n) is 7.84. The normalized spacial score (nSPS) is 13.7. The number of pyridine rings is 1. The number of nitrogens with zero attached hydrogens (tertiary/aromatic N) is 2. The van der Waals surface area contributed by atoms with Gasteiger partial charge < -0.3 is 10.1 Å². The molecule has 0 saturated carbocycles. The molecule has 1 aromatic carbocycles. The van der Waals surface area contributed by atoms with Crippen LogP contribution in [0.1, 0.15) is 17.7 Å². The lowest BCUT2D eigenvalue weighted by molar-refractivity contribution is -0.124. The van der Waals surface area contributed by atoms with E-state index in [-0.39, 0.29) is 24.8 Å². The third-order valence-electron chi connectivity index (χ3n) is 3.79. The highest BCUT2D eigenvalue weighted by Gasteiger charge is 2.24. The number of hydrogen-bond acceptors (Lipinski definition) is 4. The molecule has 1 aliphatic rings. The zero-order valence-corrected chi connectivity index (χ0v) is 13.5. The van der Waals surface area contributed by atoms with Crippen molar-refractivity contribution in [1.29, 1.82) is 0 Å². The van der Waals surface area contributed by atoms with Crippen LogP contribution in [0.3, 0.4) is 0 Å². The number of aromatic nitrogens is 1. The van der Waals surface area contributed by atoms with Crippen LogP contribution >= 0.6 is 0 Å². The number of amides is 2. The number of fused-ring (bicyclic) bond motifs is 1. The third kappa shape index (κ3) is 3.71. The van der Waals surface area contributed by atoms with Gasteiger partial charge in [0.2, 0.25) is 11.8 Å². The Kier molecular flexibility index (Phi) is 4.74. The van der Waals surface area contributed by atoms with E-state index in [2.05, 4.69) is 10.3 Å². The molecule has 0 unspecified atom stereocenters. The second-order valence-electron chi connectivity index (χ2n) is 5.63. The van der Waals surface area contributed by atoms with E-state index in [4.69, 9.17) is 4.74 Å². The Labute approximate surface area is 140 Å². The van der Waals surface area contributed by atoms with E-state index >= 15 is 0 Å². The van der Waals surface area contributed by atoms with E-state index in [0.29, 0.717) is 24.6 Å². The predicted molar refractivity (Wildman–Crippen MR) is 89.7 cm³/mol. The molecule has 6 heteroatoms. The average Bonchev–Trinajstić information content (AvgIpc) is 2.74. The maximum Gasteiger partial charge on any atom is 0.240 e. The molecule has 0 radical (unpaired) electrons. The van der Waals surface area contributed by atoms with Crippen molar-refractivity contribution in [1.82, 2.24) is 10.3 Å². The Bertz CT molecular complexity index is 743. The minimum absolute atomic E-state index is 0.0293. The van der Waals surface area contributed by atoms with Crippen LogP contribution in [0.4, 0.5) is 5.69 Å². The molecule has 6 nitrogen and oxygen atoms in total. The van der Waals surface area contributed by atoms with Crippen LogP contribution in [-0.4, -0.2) is 29.9 Å². The summed E-state index contributed by atoms with van der Waals surface area (Å²) in [5.41, 5.74) is 2.48. The number of nitrogens with one attached hydrogen (secondary N) is 1. The second-order valence-corrected chi connectivity index (χ2v) is 5.63. The van der Waals surface area contributed by atoms with E-state index < -0.39 is 0 Å². The molecule has 0 spiro atoms. The number of anilines is 1. The average molecular weight is 325 g/mol. The highest BCUT2D eigenvalue weighted by atomic mass is 16.5. The lowest BCUT2D eigenvalue weighted by Crippen LogP contribution is -2.40. The lowest BCUT2D eigenvalue weighted by atomic mass is 10.2. The van der Waals surface area contributed by atoms with Gasteiger partial charge >= 0.3 is 0 Å². The first-order chi connectivity index (χ1) is 11.6. The van der Waals surface area contributed by atoms with Crippen LogP contribution < -0.4 is 15.0 Å². The van der Waals surface area contributed by atoms with Crippen molar-refractivity contribution in [3.8, 4) is 5.75 Å². The number of carbonyl (C=O) groups is 2. The molecule has 1 aromatic heterocycles. The smallest absolute Gasteiger partial charge is 0.240 e. The summed E-state index contributed by atoms with van der Waals surface area (Å²) in [6.45, 7) is 2.58. The molecular formula is C18H19N3O3. The topological polar surface area (TPSA) is 71.5 Å². The molecule has 3 rings (SSSR count). The van der Waals surface area contributed by atoms with Gasteiger partial charge in [-0.3, -0.25) is 19.5 Å². The van der Waals surface area contributed by atoms with E-state index in [9.17, 15) is 9.59 Å². The van der Waals surface area contributed by atoms with Gasteiger partial charge in [0.1, 0.15) is 12.3 Å². The minimum atomic E-state index is -0.222. The van der Waals surface area contributed by atoms with Crippen LogP contribution in [0, 0.1) is 6.92 Å². The molecular weight excluding hydrogens is 306 g/mol. The maximum absolute atomic E-state index is 12.3. The Morgan fingerprint density at radius 1 is 1.29 bits per heavy atom. The Morgan fingerprint density at radius 2 is 2.12 bits per heavy atom. The fourth-order valence-corrected chi connectivity index (χ4v) is 2.50. The van der Waals surface area contributed by atoms with Gasteiger partial charge in [-0.1, -0.05) is 18.2 Å². The number of ether oxygens (including phenoxy) is 1. The Balaban J connectivity index is 1.66. The molecule has 0 saturated heterocycles. The molecule has 0 fully saturated rings. The van der Waals surface area contributed by atoms with Crippen molar-refractivity contribution in [2.24, 2.45) is 0 Å². The Morgan fingerprint density at radius 3 is 2.92 bits per heavy atom. The summed E-state index contributed by atoms with van der Waals surface area (Å²) < 4.78 is 5.57. The van der Waals surface area contributed by atoms with Gasteiger partial charge in [0, 0.05) is 18.4 Å². The van der Waals surface area contributed by atoms with Gasteiger partial charge in [0.05, 0.1) is 18.7 Å².